The molecule has 3 rings (SSSR count). The Labute approximate surface area is 201 Å². The molecular weight excluding hydrogens is 487 g/mol. The van der Waals surface area contributed by atoms with E-state index in [1.807, 2.05) is 35.8 Å². The Balaban J connectivity index is 2.11. The lowest BCUT2D eigenvalue weighted by Crippen LogP contribution is -2.17. The summed E-state index contributed by atoms with van der Waals surface area (Å²) in [5.41, 5.74) is 0.761. The summed E-state index contributed by atoms with van der Waals surface area (Å²) in [6.45, 7) is 7.00. The average molecular weight is 510 g/mol. The van der Waals surface area contributed by atoms with E-state index >= 15 is 0 Å². The van der Waals surface area contributed by atoms with Crippen LogP contribution in [0.1, 0.15) is 30.8 Å². The summed E-state index contributed by atoms with van der Waals surface area (Å²) in [5, 5.41) is 0.105. The van der Waals surface area contributed by atoms with Crippen LogP contribution in [-0.4, -0.2) is 18.0 Å². The number of aryl methyl sites for hydroxylation is 1. The number of benzene rings is 2. The maximum absolute atomic E-state index is 13.4. The summed E-state index contributed by atoms with van der Waals surface area (Å²) in [6, 6.07) is 10.4. The molecule has 0 unspecified atom stereocenters. The van der Waals surface area contributed by atoms with E-state index in [4.69, 9.17) is 11.6 Å². The summed E-state index contributed by atoms with van der Waals surface area (Å²) in [5.74, 6) is 0.729. The van der Waals surface area contributed by atoms with Crippen molar-refractivity contribution in [3.05, 3.63) is 94.2 Å². The van der Waals surface area contributed by atoms with Crippen LogP contribution in [0.3, 0.4) is 0 Å². The van der Waals surface area contributed by atoms with Crippen LogP contribution in [0.25, 0.3) is 11.0 Å². The summed E-state index contributed by atoms with van der Waals surface area (Å²) in [4.78, 5) is 4.41. The minimum atomic E-state index is -4.64. The highest BCUT2D eigenvalue weighted by molar-refractivity contribution is 7.96. The van der Waals surface area contributed by atoms with Gasteiger partial charge in [0, 0.05) is 11.5 Å². The molecule has 0 aliphatic carbocycles. The number of allylic oxidation sites excluding steroid dienone is 4. The van der Waals surface area contributed by atoms with Crippen LogP contribution < -0.4 is 4.72 Å². The van der Waals surface area contributed by atoms with E-state index in [-0.39, 0.29) is 22.2 Å². The number of nitrogens with zero attached hydrogens (tertiary/aromatic N) is 2. The zero-order valence-electron chi connectivity index (χ0n) is 18.5. The van der Waals surface area contributed by atoms with Crippen LogP contribution in [0.4, 0.5) is 18.9 Å². The number of anilines is 1. The van der Waals surface area contributed by atoms with Gasteiger partial charge in [-0.2, -0.15) is 13.2 Å². The third-order valence-corrected chi connectivity index (χ3v) is 6.69. The van der Waals surface area contributed by atoms with Crippen LogP contribution >= 0.6 is 11.6 Å². The first-order valence-electron chi connectivity index (χ1n) is 10.3. The van der Waals surface area contributed by atoms with Crippen LogP contribution in [0.15, 0.2) is 77.2 Å². The van der Waals surface area contributed by atoms with Crippen LogP contribution in [0.2, 0.25) is 0 Å². The maximum atomic E-state index is 13.4. The minimum Gasteiger partial charge on any atom is -0.323 e. The highest BCUT2D eigenvalue weighted by Gasteiger charge is 2.32. The largest absolute Gasteiger partial charge is 0.416 e. The molecule has 5 nitrogen and oxygen atoms in total. The number of rotatable bonds is 8. The van der Waals surface area contributed by atoms with Gasteiger partial charge in [-0.05, 0) is 48.9 Å². The molecule has 0 aliphatic heterocycles. The second-order valence-corrected chi connectivity index (χ2v) is 9.57. The number of aromatic nitrogens is 2. The van der Waals surface area contributed by atoms with E-state index in [0.29, 0.717) is 12.0 Å². The van der Waals surface area contributed by atoms with Gasteiger partial charge < -0.3 is 4.57 Å². The molecule has 2 aromatic carbocycles. The third-order valence-electron chi connectivity index (χ3n) is 5.08. The first kappa shape index (κ1) is 25.6. The lowest BCUT2D eigenvalue weighted by Gasteiger charge is -2.17. The Morgan fingerprint density at radius 3 is 2.53 bits per heavy atom. The molecule has 0 fully saturated rings. The Hall–Kier alpha value is -3.04. The molecule has 0 saturated heterocycles. The van der Waals surface area contributed by atoms with Crippen molar-refractivity contribution in [2.75, 3.05) is 4.72 Å². The van der Waals surface area contributed by atoms with Crippen molar-refractivity contribution in [3.8, 4) is 0 Å². The molecule has 34 heavy (non-hydrogen) atoms. The van der Waals surface area contributed by atoms with Crippen molar-refractivity contribution in [1.29, 1.82) is 0 Å². The first-order chi connectivity index (χ1) is 16.0. The highest BCUT2D eigenvalue weighted by atomic mass is 35.5. The molecule has 0 saturated carbocycles. The lowest BCUT2D eigenvalue weighted by molar-refractivity contribution is -0.137. The van der Waals surface area contributed by atoms with Gasteiger partial charge in [-0.15, -0.1) is 0 Å². The number of nitrogens with one attached hydrogen (secondary N) is 1. The number of sulfonamides is 1. The normalized spacial score (nSPS) is 13.1. The SMILES string of the molecule is C=C(Cl)/C=C\C(=C/C)S(=O)(=O)Nc1cc(C(F)(F)F)ccc1Cn1c(CC)nc2ccccc21. The van der Waals surface area contributed by atoms with Crippen molar-refractivity contribution < 1.29 is 21.6 Å². The van der Waals surface area contributed by atoms with E-state index in [1.165, 1.54) is 31.2 Å². The second kappa shape index (κ2) is 10.1. The zero-order chi connectivity index (χ0) is 25.1. The Morgan fingerprint density at radius 2 is 1.91 bits per heavy atom. The van der Waals surface area contributed by atoms with E-state index in [2.05, 4.69) is 16.3 Å². The Bertz CT molecular complexity index is 1390. The van der Waals surface area contributed by atoms with Gasteiger partial charge in [0.25, 0.3) is 10.0 Å². The summed E-state index contributed by atoms with van der Waals surface area (Å²) < 4.78 is 70.5. The number of hydrogen-bond acceptors (Lipinski definition) is 3. The number of hydrogen-bond donors (Lipinski definition) is 1. The van der Waals surface area contributed by atoms with Gasteiger partial charge in [0.1, 0.15) is 5.82 Å². The van der Waals surface area contributed by atoms with Crippen molar-refractivity contribution in [2.24, 2.45) is 0 Å². The molecule has 0 bridgehead atoms. The number of imidazole rings is 1. The third kappa shape index (κ3) is 5.71. The molecule has 1 N–H and O–H groups in total. The van der Waals surface area contributed by atoms with E-state index in [0.717, 1.165) is 29.0 Å². The minimum absolute atomic E-state index is 0.105. The molecular formula is C24H23ClF3N3O2S. The molecule has 10 heteroatoms. The van der Waals surface area contributed by atoms with E-state index in [1.54, 1.807) is 0 Å². The van der Waals surface area contributed by atoms with E-state index in [9.17, 15) is 21.6 Å². The monoisotopic (exact) mass is 509 g/mol. The Kier molecular flexibility index (Phi) is 7.57. The number of halogens is 4. The van der Waals surface area contributed by atoms with Gasteiger partial charge in [0.2, 0.25) is 0 Å². The fraction of sp³-hybridized carbons (Fsp3) is 0.208. The van der Waals surface area contributed by atoms with Gasteiger partial charge >= 0.3 is 6.18 Å². The molecule has 0 radical (unpaired) electrons. The van der Waals surface area contributed by atoms with Crippen LogP contribution in [-0.2, 0) is 29.2 Å². The maximum Gasteiger partial charge on any atom is 0.416 e. The van der Waals surface area contributed by atoms with Crippen molar-refractivity contribution >= 4 is 38.3 Å². The van der Waals surface area contributed by atoms with Crippen LogP contribution in [0, 0.1) is 0 Å². The van der Waals surface area contributed by atoms with E-state index < -0.39 is 21.8 Å². The molecule has 0 aliphatic rings. The lowest BCUT2D eigenvalue weighted by atomic mass is 10.1. The molecule has 0 spiro atoms. The molecule has 1 heterocycles. The smallest absolute Gasteiger partial charge is 0.323 e. The Morgan fingerprint density at radius 1 is 1.21 bits per heavy atom. The predicted molar refractivity (Wildman–Crippen MR) is 130 cm³/mol. The molecule has 0 atom stereocenters. The molecule has 1 aromatic heterocycles. The van der Waals surface area contributed by atoms with Gasteiger partial charge in [-0.3, -0.25) is 4.72 Å². The topological polar surface area (TPSA) is 64.0 Å². The highest BCUT2D eigenvalue weighted by Crippen LogP contribution is 2.34. The first-order valence-corrected chi connectivity index (χ1v) is 12.2. The van der Waals surface area contributed by atoms with Crippen molar-refractivity contribution in [2.45, 2.75) is 33.0 Å². The number of fused-ring (bicyclic) bond motifs is 1. The van der Waals surface area contributed by atoms with Gasteiger partial charge in [-0.25, -0.2) is 13.4 Å². The zero-order valence-corrected chi connectivity index (χ0v) is 20.1. The molecule has 0 amide bonds. The fourth-order valence-corrected chi connectivity index (χ4v) is 4.66. The van der Waals surface area contributed by atoms with Gasteiger partial charge in [-0.1, -0.05) is 49.4 Å². The van der Waals surface area contributed by atoms with Crippen LogP contribution in [0.5, 0.6) is 0 Å². The van der Waals surface area contributed by atoms with Gasteiger partial charge in [0.15, 0.2) is 0 Å². The summed E-state index contributed by atoms with van der Waals surface area (Å²) in [7, 11) is -4.21. The summed E-state index contributed by atoms with van der Waals surface area (Å²) >= 11 is 5.68. The number of para-hydroxylation sites is 2. The second-order valence-electron chi connectivity index (χ2n) is 7.40. The number of alkyl halides is 3. The predicted octanol–water partition coefficient (Wildman–Crippen LogP) is 6.62. The fourth-order valence-electron chi connectivity index (χ4n) is 3.44. The van der Waals surface area contributed by atoms with Gasteiger partial charge in [0.05, 0.1) is 33.7 Å². The summed E-state index contributed by atoms with van der Waals surface area (Å²) in [6.07, 6.45) is -0.233. The standard InChI is InChI=1S/C24H23ClF3N3O2S/c1-4-19(13-10-16(3)25)34(32,33)30-21-14-18(24(26,27)28)12-11-17(21)15-31-22-9-7-6-8-20(22)29-23(31)5-2/h4,6-14,30H,3,5,15H2,1-2H3/b13-10-,19-4+. The van der Waals surface area contributed by atoms with Crippen molar-refractivity contribution in [1.82, 2.24) is 9.55 Å². The average Bonchev–Trinajstić information content (AvgIpc) is 3.11. The molecule has 180 valence electrons. The van der Waals surface area contributed by atoms with Crippen molar-refractivity contribution in [3.63, 3.8) is 0 Å². The quantitative estimate of drug-likeness (QED) is 0.347. The molecule has 3 aromatic rings.